The molecule has 0 aromatic heterocycles. The molecule has 0 aliphatic carbocycles. The molecule has 0 fully saturated rings. The van der Waals surface area contributed by atoms with Crippen LogP contribution in [0.4, 0.5) is 0 Å². The summed E-state index contributed by atoms with van der Waals surface area (Å²) in [5.41, 5.74) is 1.28. The number of benzene rings is 1. The topological polar surface area (TPSA) is 78.4 Å². The van der Waals surface area contributed by atoms with Crippen LogP contribution in [0.15, 0.2) is 24.3 Å². The zero-order valence-corrected chi connectivity index (χ0v) is 11.1. The molecule has 0 bridgehead atoms. The fourth-order valence-electron chi connectivity index (χ4n) is 1.60. The van der Waals surface area contributed by atoms with Gasteiger partial charge in [-0.1, -0.05) is 19.1 Å². The molecule has 5 heteroatoms. The summed E-state index contributed by atoms with van der Waals surface area (Å²) in [6, 6.07) is 6.68. The first kappa shape index (κ1) is 15.2. The Balaban J connectivity index is 2.25. The zero-order chi connectivity index (χ0) is 14.1. The average molecular weight is 264 g/mol. The van der Waals surface area contributed by atoms with E-state index in [2.05, 4.69) is 10.6 Å². The number of hydrogen-bond acceptors (Lipinski definition) is 3. The highest BCUT2D eigenvalue weighted by atomic mass is 16.4. The molecule has 1 rings (SSSR count). The van der Waals surface area contributed by atoms with Gasteiger partial charge < -0.3 is 15.7 Å². The van der Waals surface area contributed by atoms with E-state index < -0.39 is 5.97 Å². The van der Waals surface area contributed by atoms with E-state index in [0.29, 0.717) is 19.5 Å². The fourth-order valence-corrected chi connectivity index (χ4v) is 1.60. The predicted molar refractivity (Wildman–Crippen MR) is 73.3 cm³/mol. The smallest absolute Gasteiger partial charge is 0.335 e. The number of nitrogens with one attached hydrogen (secondary N) is 2. The molecule has 0 atom stereocenters. The van der Waals surface area contributed by atoms with Gasteiger partial charge in [0, 0.05) is 6.54 Å². The minimum absolute atomic E-state index is 0.0180. The summed E-state index contributed by atoms with van der Waals surface area (Å²) in [5.74, 6) is -0.947. The van der Waals surface area contributed by atoms with E-state index in [1.54, 1.807) is 24.3 Å². The van der Waals surface area contributed by atoms with Gasteiger partial charge in [0.25, 0.3) is 0 Å². The lowest BCUT2D eigenvalue weighted by atomic mass is 10.1. The molecule has 104 valence electrons. The van der Waals surface area contributed by atoms with Gasteiger partial charge in [-0.25, -0.2) is 4.79 Å². The van der Waals surface area contributed by atoms with Crippen molar-refractivity contribution in [2.24, 2.45) is 0 Å². The van der Waals surface area contributed by atoms with Crippen LogP contribution < -0.4 is 10.6 Å². The first-order chi connectivity index (χ1) is 9.13. The molecule has 19 heavy (non-hydrogen) atoms. The number of rotatable bonds is 8. The van der Waals surface area contributed by atoms with Crippen molar-refractivity contribution in [3.05, 3.63) is 35.4 Å². The summed E-state index contributed by atoms with van der Waals surface area (Å²) in [7, 11) is 0. The minimum atomic E-state index is -0.929. The van der Waals surface area contributed by atoms with Gasteiger partial charge in [0.1, 0.15) is 0 Å². The summed E-state index contributed by atoms with van der Waals surface area (Å²) in [5, 5.41) is 14.6. The highest BCUT2D eigenvalue weighted by Gasteiger charge is 2.02. The Labute approximate surface area is 113 Å². The number of aromatic carboxylic acids is 1. The van der Waals surface area contributed by atoms with Gasteiger partial charge in [-0.3, -0.25) is 4.79 Å². The molecule has 0 radical (unpaired) electrons. The quantitative estimate of drug-likeness (QED) is 0.613. The molecule has 0 unspecified atom stereocenters. The van der Waals surface area contributed by atoms with E-state index >= 15 is 0 Å². The molecular weight excluding hydrogens is 244 g/mol. The van der Waals surface area contributed by atoms with Crippen LogP contribution in [0, 0.1) is 0 Å². The van der Waals surface area contributed by atoms with Crippen LogP contribution in [0.1, 0.15) is 29.3 Å². The molecule has 0 spiro atoms. The summed E-state index contributed by atoms with van der Waals surface area (Å²) < 4.78 is 0. The molecule has 5 nitrogen and oxygen atoms in total. The summed E-state index contributed by atoms with van der Waals surface area (Å²) in [4.78, 5) is 22.1. The lowest BCUT2D eigenvalue weighted by Crippen LogP contribution is -2.35. The third-order valence-corrected chi connectivity index (χ3v) is 2.65. The third-order valence-electron chi connectivity index (χ3n) is 2.65. The van der Waals surface area contributed by atoms with Crippen molar-refractivity contribution < 1.29 is 14.7 Å². The van der Waals surface area contributed by atoms with Crippen molar-refractivity contribution in [2.45, 2.75) is 19.8 Å². The van der Waals surface area contributed by atoms with Gasteiger partial charge >= 0.3 is 5.97 Å². The van der Waals surface area contributed by atoms with Crippen molar-refractivity contribution in [2.75, 3.05) is 19.6 Å². The second-order valence-corrected chi connectivity index (χ2v) is 4.28. The molecule has 0 aliphatic heterocycles. The van der Waals surface area contributed by atoms with Crippen LogP contribution in [0.3, 0.4) is 0 Å². The monoisotopic (exact) mass is 264 g/mol. The van der Waals surface area contributed by atoms with E-state index in [9.17, 15) is 9.59 Å². The normalized spacial score (nSPS) is 10.2. The lowest BCUT2D eigenvalue weighted by Gasteiger charge is -2.06. The first-order valence-electron chi connectivity index (χ1n) is 6.43. The Bertz CT molecular complexity index is 415. The standard InChI is InChI=1S/C14H20N2O3/c1-2-8-15-10-13(17)16-9-7-11-3-5-12(6-4-11)14(18)19/h3-6,15H,2,7-10H2,1H3,(H,16,17)(H,18,19). The molecule has 0 aliphatic rings. The van der Waals surface area contributed by atoms with E-state index in [0.717, 1.165) is 18.5 Å². The Morgan fingerprint density at radius 1 is 1.16 bits per heavy atom. The van der Waals surface area contributed by atoms with Crippen molar-refractivity contribution in [1.82, 2.24) is 10.6 Å². The van der Waals surface area contributed by atoms with Crippen LogP contribution >= 0.6 is 0 Å². The number of carbonyl (C=O) groups is 2. The van der Waals surface area contributed by atoms with E-state index in [1.807, 2.05) is 6.92 Å². The van der Waals surface area contributed by atoms with Crippen molar-refractivity contribution in [3.8, 4) is 0 Å². The van der Waals surface area contributed by atoms with Gasteiger partial charge in [-0.05, 0) is 37.1 Å². The molecule has 1 aromatic rings. The first-order valence-corrected chi connectivity index (χ1v) is 6.43. The summed E-state index contributed by atoms with van der Waals surface area (Å²) in [6.07, 6.45) is 1.70. The number of hydrogen-bond donors (Lipinski definition) is 3. The maximum Gasteiger partial charge on any atom is 0.335 e. The Morgan fingerprint density at radius 3 is 2.42 bits per heavy atom. The van der Waals surface area contributed by atoms with Gasteiger partial charge in [-0.15, -0.1) is 0 Å². The minimum Gasteiger partial charge on any atom is -0.478 e. The van der Waals surface area contributed by atoms with Crippen LogP contribution in [0.5, 0.6) is 0 Å². The van der Waals surface area contributed by atoms with E-state index in [4.69, 9.17) is 5.11 Å². The molecular formula is C14H20N2O3. The summed E-state index contributed by atoms with van der Waals surface area (Å²) in [6.45, 7) is 3.78. The SMILES string of the molecule is CCCNCC(=O)NCCc1ccc(C(=O)O)cc1. The van der Waals surface area contributed by atoms with Crippen molar-refractivity contribution in [3.63, 3.8) is 0 Å². The molecule has 3 N–H and O–H groups in total. The lowest BCUT2D eigenvalue weighted by molar-refractivity contribution is -0.120. The number of carbonyl (C=O) groups excluding carboxylic acids is 1. The van der Waals surface area contributed by atoms with Gasteiger partial charge in [-0.2, -0.15) is 0 Å². The maximum atomic E-state index is 11.4. The van der Waals surface area contributed by atoms with Crippen LogP contribution in [-0.2, 0) is 11.2 Å². The Kier molecular flexibility index (Phi) is 6.60. The number of carboxylic acid groups (broad SMARTS) is 1. The van der Waals surface area contributed by atoms with Crippen molar-refractivity contribution >= 4 is 11.9 Å². The maximum absolute atomic E-state index is 11.4. The second-order valence-electron chi connectivity index (χ2n) is 4.28. The second kappa shape index (κ2) is 8.26. The van der Waals surface area contributed by atoms with E-state index in [-0.39, 0.29) is 11.5 Å². The molecule has 0 saturated heterocycles. The van der Waals surface area contributed by atoms with E-state index in [1.165, 1.54) is 0 Å². The average Bonchev–Trinajstić information content (AvgIpc) is 2.39. The Hall–Kier alpha value is -1.88. The predicted octanol–water partition coefficient (Wildman–Crippen LogP) is 1.04. The highest BCUT2D eigenvalue weighted by Crippen LogP contribution is 2.04. The van der Waals surface area contributed by atoms with Crippen LogP contribution in [-0.4, -0.2) is 36.6 Å². The highest BCUT2D eigenvalue weighted by molar-refractivity contribution is 5.87. The fraction of sp³-hybridized carbons (Fsp3) is 0.429. The number of amides is 1. The molecule has 0 heterocycles. The largest absolute Gasteiger partial charge is 0.478 e. The molecule has 1 aromatic carbocycles. The van der Waals surface area contributed by atoms with Gasteiger partial charge in [0.15, 0.2) is 0 Å². The van der Waals surface area contributed by atoms with Gasteiger partial charge in [0.05, 0.1) is 12.1 Å². The third kappa shape index (κ3) is 6.01. The Morgan fingerprint density at radius 2 is 1.84 bits per heavy atom. The van der Waals surface area contributed by atoms with Crippen LogP contribution in [0.2, 0.25) is 0 Å². The summed E-state index contributed by atoms with van der Waals surface area (Å²) >= 11 is 0. The van der Waals surface area contributed by atoms with Gasteiger partial charge in [0.2, 0.25) is 5.91 Å². The molecule has 1 amide bonds. The van der Waals surface area contributed by atoms with Crippen LogP contribution in [0.25, 0.3) is 0 Å². The molecule has 0 saturated carbocycles. The number of carboxylic acids is 1. The van der Waals surface area contributed by atoms with Crippen molar-refractivity contribution in [1.29, 1.82) is 0 Å². The zero-order valence-electron chi connectivity index (χ0n) is 11.1.